The topological polar surface area (TPSA) is 86.6 Å². The average molecular weight is 300 g/mol. The number of ketones is 1. The van der Waals surface area contributed by atoms with Gasteiger partial charge in [0.2, 0.25) is 5.91 Å². The van der Waals surface area contributed by atoms with E-state index in [1.807, 2.05) is 0 Å². The predicted octanol–water partition coefficient (Wildman–Crippen LogP) is 1.03. The van der Waals surface area contributed by atoms with Gasteiger partial charge in [-0.3, -0.25) is 9.59 Å². The molecule has 0 saturated carbocycles. The van der Waals surface area contributed by atoms with Crippen molar-refractivity contribution < 1.29 is 19.8 Å². The third-order valence-electron chi connectivity index (χ3n) is 2.87. The highest BCUT2D eigenvalue weighted by Gasteiger charge is 2.18. The van der Waals surface area contributed by atoms with Crippen molar-refractivity contribution in [2.24, 2.45) is 0 Å². The Bertz CT molecular complexity index is 461. The maximum atomic E-state index is 11.3. The van der Waals surface area contributed by atoms with E-state index in [1.54, 1.807) is 24.3 Å². The number of alkyl halides is 1. The lowest BCUT2D eigenvalue weighted by atomic mass is 10.00. The Morgan fingerprint density at radius 1 is 1.25 bits per heavy atom. The first-order valence-corrected chi connectivity index (χ1v) is 6.79. The number of nitrogens with one attached hydrogen (secondary N) is 1. The molecule has 0 spiro atoms. The van der Waals surface area contributed by atoms with E-state index in [1.165, 1.54) is 6.92 Å². The lowest BCUT2D eigenvalue weighted by Crippen LogP contribution is -2.27. The van der Waals surface area contributed by atoms with Crippen molar-refractivity contribution >= 4 is 23.3 Å². The van der Waals surface area contributed by atoms with E-state index in [0.29, 0.717) is 11.1 Å². The minimum Gasteiger partial charge on any atom is -0.390 e. The Labute approximate surface area is 122 Å². The average Bonchev–Trinajstić information content (AvgIpc) is 2.45. The van der Waals surface area contributed by atoms with Crippen LogP contribution in [0.25, 0.3) is 0 Å². The molecular weight excluding hydrogens is 282 g/mol. The van der Waals surface area contributed by atoms with Crippen molar-refractivity contribution in [3.63, 3.8) is 0 Å². The largest absolute Gasteiger partial charge is 0.390 e. The molecule has 6 heteroatoms. The summed E-state index contributed by atoms with van der Waals surface area (Å²) in [5, 5.41) is 22.3. The van der Waals surface area contributed by atoms with Crippen molar-refractivity contribution in [2.75, 3.05) is 12.4 Å². The Morgan fingerprint density at radius 3 is 2.35 bits per heavy atom. The summed E-state index contributed by atoms with van der Waals surface area (Å²) in [7, 11) is 0. The lowest BCUT2D eigenvalue weighted by Gasteiger charge is -2.18. The fraction of sp³-hybridized carbons (Fsp3) is 0.429. The van der Waals surface area contributed by atoms with Gasteiger partial charge in [-0.15, -0.1) is 11.6 Å². The zero-order chi connectivity index (χ0) is 15.1. The molecule has 0 aliphatic rings. The van der Waals surface area contributed by atoms with Gasteiger partial charge in [-0.05, 0) is 12.0 Å². The molecule has 2 atom stereocenters. The molecule has 1 aromatic carbocycles. The monoisotopic (exact) mass is 299 g/mol. The van der Waals surface area contributed by atoms with Crippen LogP contribution in [0.5, 0.6) is 0 Å². The molecule has 0 fully saturated rings. The number of carbonyl (C=O) groups excluding carboxylic acids is 2. The molecule has 1 rings (SSSR count). The molecule has 0 saturated heterocycles. The molecule has 2 unspecified atom stereocenters. The van der Waals surface area contributed by atoms with Gasteiger partial charge in [0.15, 0.2) is 5.78 Å². The maximum Gasteiger partial charge on any atom is 0.216 e. The van der Waals surface area contributed by atoms with Gasteiger partial charge in [0.05, 0.1) is 12.0 Å². The summed E-state index contributed by atoms with van der Waals surface area (Å²) >= 11 is 5.45. The van der Waals surface area contributed by atoms with Crippen LogP contribution in [0.2, 0.25) is 0 Å². The van der Waals surface area contributed by atoms with Crippen LogP contribution < -0.4 is 5.32 Å². The molecule has 1 amide bonds. The summed E-state index contributed by atoms with van der Waals surface area (Å²) in [6.45, 7) is 1.67. The van der Waals surface area contributed by atoms with Crippen molar-refractivity contribution in [3.05, 3.63) is 35.4 Å². The second-order valence-electron chi connectivity index (χ2n) is 4.46. The van der Waals surface area contributed by atoms with E-state index >= 15 is 0 Å². The smallest absolute Gasteiger partial charge is 0.216 e. The zero-order valence-electron chi connectivity index (χ0n) is 11.2. The number of hydrogen-bond acceptors (Lipinski definition) is 4. The van der Waals surface area contributed by atoms with Crippen LogP contribution in [-0.4, -0.2) is 40.4 Å². The van der Waals surface area contributed by atoms with Gasteiger partial charge in [0.1, 0.15) is 6.10 Å². The third-order valence-corrected chi connectivity index (χ3v) is 3.12. The Balaban J connectivity index is 2.60. The van der Waals surface area contributed by atoms with Gasteiger partial charge in [0.25, 0.3) is 0 Å². The van der Waals surface area contributed by atoms with Gasteiger partial charge >= 0.3 is 0 Å². The van der Waals surface area contributed by atoms with Crippen LogP contribution in [0, 0.1) is 0 Å². The summed E-state index contributed by atoms with van der Waals surface area (Å²) in [4.78, 5) is 22.0. The molecule has 0 heterocycles. The second-order valence-corrected chi connectivity index (χ2v) is 4.73. The van der Waals surface area contributed by atoms with E-state index in [0.717, 1.165) is 0 Å². The summed E-state index contributed by atoms with van der Waals surface area (Å²) in [6.07, 6.45) is -1.82. The highest BCUT2D eigenvalue weighted by atomic mass is 35.5. The summed E-state index contributed by atoms with van der Waals surface area (Å²) in [5.41, 5.74) is 0.968. The van der Waals surface area contributed by atoms with E-state index in [9.17, 15) is 19.8 Å². The molecule has 20 heavy (non-hydrogen) atoms. The minimum absolute atomic E-state index is 0.0960. The molecule has 0 aliphatic heterocycles. The molecule has 1 aromatic rings. The fourth-order valence-corrected chi connectivity index (χ4v) is 1.87. The van der Waals surface area contributed by atoms with Crippen LogP contribution in [0.1, 0.15) is 35.4 Å². The van der Waals surface area contributed by atoms with Crippen molar-refractivity contribution in [2.45, 2.75) is 25.6 Å². The number of hydrogen-bond donors (Lipinski definition) is 3. The lowest BCUT2D eigenvalue weighted by molar-refractivity contribution is -0.119. The normalized spacial score (nSPS) is 13.6. The summed E-state index contributed by atoms with van der Waals surface area (Å²) < 4.78 is 0. The number of rotatable bonds is 7. The number of halogens is 1. The zero-order valence-corrected chi connectivity index (χ0v) is 11.9. The van der Waals surface area contributed by atoms with E-state index < -0.39 is 12.2 Å². The highest BCUT2D eigenvalue weighted by molar-refractivity contribution is 6.30. The van der Waals surface area contributed by atoms with Gasteiger partial charge in [-0.2, -0.15) is 0 Å². The van der Waals surface area contributed by atoms with Crippen LogP contribution in [0.4, 0.5) is 0 Å². The van der Waals surface area contributed by atoms with E-state index in [2.05, 4.69) is 5.32 Å². The summed E-state index contributed by atoms with van der Waals surface area (Å²) in [6, 6.07) is 6.27. The highest BCUT2D eigenvalue weighted by Crippen LogP contribution is 2.19. The molecule has 0 radical (unpaired) electrons. The van der Waals surface area contributed by atoms with E-state index in [4.69, 9.17) is 11.6 Å². The van der Waals surface area contributed by atoms with Crippen LogP contribution in [0.15, 0.2) is 24.3 Å². The van der Waals surface area contributed by atoms with Gasteiger partial charge in [-0.25, -0.2) is 0 Å². The first kappa shape index (κ1) is 16.6. The Kier molecular flexibility index (Phi) is 6.64. The van der Waals surface area contributed by atoms with Gasteiger partial charge in [-0.1, -0.05) is 24.3 Å². The van der Waals surface area contributed by atoms with E-state index in [-0.39, 0.29) is 30.5 Å². The first-order valence-electron chi connectivity index (χ1n) is 6.25. The maximum absolute atomic E-state index is 11.3. The SMILES string of the molecule is CC(=O)NCCC(O)C(O)c1ccc(C(=O)CCl)cc1. The standard InChI is InChI=1S/C14H18ClNO4/c1-9(17)16-7-6-12(18)14(20)11-4-2-10(3-5-11)13(19)8-15/h2-5,12,14,18,20H,6-8H2,1H3,(H,16,17). The Morgan fingerprint density at radius 2 is 1.85 bits per heavy atom. The van der Waals surface area contributed by atoms with Crippen molar-refractivity contribution in [1.29, 1.82) is 0 Å². The third kappa shape index (κ3) is 4.92. The first-order chi connectivity index (χ1) is 9.45. The molecular formula is C14H18ClNO4. The summed E-state index contributed by atoms with van der Waals surface area (Å²) in [5.74, 6) is -0.476. The van der Waals surface area contributed by atoms with Gasteiger partial charge < -0.3 is 15.5 Å². The molecule has 110 valence electrons. The fourth-order valence-electron chi connectivity index (χ4n) is 1.72. The quantitative estimate of drug-likeness (QED) is 0.518. The molecule has 0 bridgehead atoms. The number of carbonyl (C=O) groups is 2. The van der Waals surface area contributed by atoms with Crippen LogP contribution >= 0.6 is 11.6 Å². The number of benzene rings is 1. The molecule has 5 nitrogen and oxygen atoms in total. The number of aliphatic hydroxyl groups is 2. The predicted molar refractivity (Wildman–Crippen MR) is 75.8 cm³/mol. The van der Waals surface area contributed by atoms with Crippen molar-refractivity contribution in [3.8, 4) is 0 Å². The second kappa shape index (κ2) is 7.99. The number of Topliss-reactive ketones (excluding diaryl/α,β-unsaturated/α-hetero) is 1. The number of aliphatic hydroxyl groups excluding tert-OH is 2. The molecule has 0 aromatic heterocycles. The minimum atomic E-state index is -1.07. The molecule has 3 N–H and O–H groups in total. The number of amides is 1. The van der Waals surface area contributed by atoms with Crippen LogP contribution in [-0.2, 0) is 4.79 Å². The van der Waals surface area contributed by atoms with Gasteiger partial charge in [0, 0.05) is 19.0 Å². The molecule has 0 aliphatic carbocycles. The Hall–Kier alpha value is -1.43. The van der Waals surface area contributed by atoms with Crippen LogP contribution in [0.3, 0.4) is 0 Å². The van der Waals surface area contributed by atoms with Crippen molar-refractivity contribution in [1.82, 2.24) is 5.32 Å².